The highest BCUT2D eigenvalue weighted by molar-refractivity contribution is 5.78. The van der Waals surface area contributed by atoms with Gasteiger partial charge in [-0.1, -0.05) is 12.7 Å². The monoisotopic (exact) mass is 488 g/mol. The number of ether oxygens (including phenoxy) is 1. The van der Waals surface area contributed by atoms with E-state index in [1.807, 2.05) is 6.92 Å². The Kier molecular flexibility index (Phi) is 6.76. The maximum atomic E-state index is 13.1. The molecule has 190 valence electrons. The lowest BCUT2D eigenvalue weighted by Gasteiger charge is -2.43. The van der Waals surface area contributed by atoms with E-state index in [0.29, 0.717) is 49.2 Å². The number of aromatic nitrogens is 1. The van der Waals surface area contributed by atoms with Crippen LogP contribution in [-0.2, 0) is 9.53 Å². The van der Waals surface area contributed by atoms with Crippen molar-refractivity contribution in [3.63, 3.8) is 0 Å². The summed E-state index contributed by atoms with van der Waals surface area (Å²) in [5.41, 5.74) is 16.7. The first-order valence-corrected chi connectivity index (χ1v) is 13.1. The molecule has 4 aliphatic rings. The number of carbonyl (C=O) groups excluding carboxylic acids is 1. The SMILES string of the molecule is C=CC(=C/N)/C=C(\N)c1c(C2CC2)nc(N2CCN(C(=O)CC3CCO3)C(C3CC3)C2)c(C#N)c1C. The molecule has 2 aliphatic heterocycles. The summed E-state index contributed by atoms with van der Waals surface area (Å²) >= 11 is 0. The Hall–Kier alpha value is -3.31. The highest BCUT2D eigenvalue weighted by atomic mass is 16.5. The van der Waals surface area contributed by atoms with Gasteiger partial charge in [0.2, 0.25) is 5.91 Å². The smallest absolute Gasteiger partial charge is 0.225 e. The molecule has 1 aromatic rings. The predicted octanol–water partition coefficient (Wildman–Crippen LogP) is 3.07. The first-order chi connectivity index (χ1) is 17.4. The number of pyridine rings is 1. The van der Waals surface area contributed by atoms with Gasteiger partial charge in [0.05, 0.1) is 29.8 Å². The number of rotatable bonds is 8. The minimum atomic E-state index is 0.0766. The van der Waals surface area contributed by atoms with Gasteiger partial charge in [0.25, 0.3) is 0 Å². The van der Waals surface area contributed by atoms with E-state index in [0.717, 1.165) is 66.9 Å². The molecule has 2 atom stereocenters. The van der Waals surface area contributed by atoms with Crippen LogP contribution in [0.15, 0.2) is 30.5 Å². The van der Waals surface area contributed by atoms with E-state index in [2.05, 4.69) is 22.4 Å². The molecule has 4 N–H and O–H groups in total. The molecule has 0 radical (unpaired) electrons. The maximum absolute atomic E-state index is 13.1. The molecule has 3 heterocycles. The molecule has 2 saturated carbocycles. The molecule has 2 aliphatic carbocycles. The largest absolute Gasteiger partial charge is 0.404 e. The first-order valence-electron chi connectivity index (χ1n) is 13.1. The molecule has 1 aromatic heterocycles. The minimum Gasteiger partial charge on any atom is -0.404 e. The van der Waals surface area contributed by atoms with Crippen molar-refractivity contribution in [2.75, 3.05) is 31.1 Å². The third-order valence-electron chi connectivity index (χ3n) is 7.97. The number of hydrogen-bond acceptors (Lipinski definition) is 7. The van der Waals surface area contributed by atoms with E-state index in [1.165, 1.54) is 6.20 Å². The van der Waals surface area contributed by atoms with Gasteiger partial charge >= 0.3 is 0 Å². The second-order valence-electron chi connectivity index (χ2n) is 10.5. The van der Waals surface area contributed by atoms with Crippen LogP contribution in [0.2, 0.25) is 0 Å². The molecule has 0 bridgehead atoms. The van der Waals surface area contributed by atoms with Crippen molar-refractivity contribution in [3.8, 4) is 6.07 Å². The number of anilines is 1. The summed E-state index contributed by atoms with van der Waals surface area (Å²) < 4.78 is 5.51. The van der Waals surface area contributed by atoms with Gasteiger partial charge in [0.15, 0.2) is 0 Å². The lowest BCUT2D eigenvalue weighted by Crippen LogP contribution is -2.57. The van der Waals surface area contributed by atoms with Crippen LogP contribution >= 0.6 is 0 Å². The van der Waals surface area contributed by atoms with E-state index in [1.54, 1.807) is 12.2 Å². The molecule has 5 rings (SSSR count). The minimum absolute atomic E-state index is 0.0766. The molecule has 2 unspecified atom stereocenters. The lowest BCUT2D eigenvalue weighted by molar-refractivity contribution is -0.142. The molecule has 0 aromatic carbocycles. The van der Waals surface area contributed by atoms with Crippen molar-refractivity contribution in [1.29, 1.82) is 5.26 Å². The van der Waals surface area contributed by atoms with Gasteiger partial charge < -0.3 is 26.0 Å². The highest BCUT2D eigenvalue weighted by Crippen LogP contribution is 2.45. The van der Waals surface area contributed by atoms with Crippen molar-refractivity contribution in [2.45, 2.75) is 63.5 Å². The van der Waals surface area contributed by atoms with Gasteiger partial charge in [-0.05, 0) is 62.2 Å². The van der Waals surface area contributed by atoms with Crippen LogP contribution in [0.3, 0.4) is 0 Å². The second-order valence-corrected chi connectivity index (χ2v) is 10.5. The van der Waals surface area contributed by atoms with Crippen molar-refractivity contribution < 1.29 is 9.53 Å². The van der Waals surface area contributed by atoms with Gasteiger partial charge in [-0.15, -0.1) is 0 Å². The number of piperazine rings is 1. The quantitative estimate of drug-likeness (QED) is 0.539. The summed E-state index contributed by atoms with van der Waals surface area (Å²) in [5, 5.41) is 10.2. The van der Waals surface area contributed by atoms with Gasteiger partial charge in [-0.25, -0.2) is 4.98 Å². The zero-order chi connectivity index (χ0) is 25.4. The van der Waals surface area contributed by atoms with Crippen LogP contribution in [0, 0.1) is 24.2 Å². The molecular weight excluding hydrogens is 452 g/mol. The Balaban J connectivity index is 1.47. The number of allylic oxidation sites excluding steroid dienone is 3. The first kappa shape index (κ1) is 24.4. The summed E-state index contributed by atoms with van der Waals surface area (Å²) in [5.74, 6) is 1.79. The van der Waals surface area contributed by atoms with Gasteiger partial charge in [0.1, 0.15) is 11.9 Å². The Morgan fingerprint density at radius 2 is 2.03 bits per heavy atom. The Morgan fingerprint density at radius 3 is 2.58 bits per heavy atom. The maximum Gasteiger partial charge on any atom is 0.225 e. The topological polar surface area (TPSA) is 122 Å². The summed E-state index contributed by atoms with van der Waals surface area (Å²) in [4.78, 5) is 22.5. The zero-order valence-corrected chi connectivity index (χ0v) is 21.1. The normalized spacial score (nSPS) is 24.8. The second kappa shape index (κ2) is 9.98. The molecule has 8 heteroatoms. The molecular formula is C28H36N6O2. The van der Waals surface area contributed by atoms with Crippen LogP contribution in [0.25, 0.3) is 5.70 Å². The van der Waals surface area contributed by atoms with Crippen LogP contribution in [0.5, 0.6) is 0 Å². The van der Waals surface area contributed by atoms with Crippen LogP contribution < -0.4 is 16.4 Å². The lowest BCUT2D eigenvalue weighted by atomic mass is 9.95. The summed E-state index contributed by atoms with van der Waals surface area (Å²) in [6.45, 7) is 8.52. The molecule has 8 nitrogen and oxygen atoms in total. The number of carbonyl (C=O) groups is 1. The average molecular weight is 489 g/mol. The zero-order valence-electron chi connectivity index (χ0n) is 21.1. The Bertz CT molecular complexity index is 1150. The fourth-order valence-corrected chi connectivity index (χ4v) is 5.47. The summed E-state index contributed by atoms with van der Waals surface area (Å²) in [7, 11) is 0. The van der Waals surface area contributed by atoms with E-state index >= 15 is 0 Å². The van der Waals surface area contributed by atoms with Gasteiger partial charge in [-0.2, -0.15) is 5.26 Å². The highest BCUT2D eigenvalue weighted by Gasteiger charge is 2.42. The van der Waals surface area contributed by atoms with E-state index in [9.17, 15) is 10.1 Å². The fraction of sp³-hybridized carbons (Fsp3) is 0.536. The number of nitrogens with two attached hydrogens (primary N) is 2. The number of hydrogen-bond donors (Lipinski definition) is 2. The molecule has 2 saturated heterocycles. The molecule has 0 spiro atoms. The van der Waals surface area contributed by atoms with E-state index in [-0.39, 0.29) is 18.1 Å². The molecule has 4 fully saturated rings. The summed E-state index contributed by atoms with van der Waals surface area (Å²) in [6, 6.07) is 2.57. The van der Waals surface area contributed by atoms with Crippen molar-refractivity contribution in [2.24, 2.45) is 17.4 Å². The third kappa shape index (κ3) is 4.72. The third-order valence-corrected chi connectivity index (χ3v) is 7.97. The van der Waals surface area contributed by atoms with E-state index < -0.39 is 0 Å². The standard InChI is InChI=1S/C28H36N6O2/c1-3-18(14-29)12-23(31)26-17(2)22(15-30)28(32-27(26)20-6-7-20)33-9-10-34(24(16-33)19-4-5-19)25(35)13-21-8-11-36-21/h3,12,14,19-21,24H,1,4-11,13,16,29,31H2,2H3/b18-14-,23-12-. The number of nitrogens with zero attached hydrogens (tertiary/aromatic N) is 4. The number of nitriles is 1. The number of amides is 1. The fourth-order valence-electron chi connectivity index (χ4n) is 5.47. The Morgan fingerprint density at radius 1 is 1.28 bits per heavy atom. The van der Waals surface area contributed by atoms with Crippen molar-refractivity contribution >= 4 is 17.4 Å². The van der Waals surface area contributed by atoms with Gasteiger partial charge in [0, 0.05) is 49.6 Å². The van der Waals surface area contributed by atoms with E-state index in [4.69, 9.17) is 21.2 Å². The summed E-state index contributed by atoms with van der Waals surface area (Å²) in [6.07, 6.45) is 10.9. The van der Waals surface area contributed by atoms with Gasteiger partial charge in [-0.3, -0.25) is 4.79 Å². The van der Waals surface area contributed by atoms with Crippen LogP contribution in [0.1, 0.15) is 66.8 Å². The average Bonchev–Trinajstić information content (AvgIpc) is 3.76. The van der Waals surface area contributed by atoms with Crippen LogP contribution in [-0.4, -0.2) is 54.2 Å². The Labute approximate surface area is 213 Å². The van der Waals surface area contributed by atoms with Crippen molar-refractivity contribution in [3.05, 3.63) is 52.9 Å². The molecule has 36 heavy (non-hydrogen) atoms. The predicted molar refractivity (Wildman–Crippen MR) is 140 cm³/mol. The molecule has 1 amide bonds. The van der Waals surface area contributed by atoms with Crippen molar-refractivity contribution in [1.82, 2.24) is 9.88 Å². The van der Waals surface area contributed by atoms with Crippen LogP contribution in [0.4, 0.5) is 5.82 Å².